The van der Waals surface area contributed by atoms with Crippen molar-refractivity contribution < 1.29 is 9.21 Å². The van der Waals surface area contributed by atoms with Crippen LogP contribution in [0.2, 0.25) is 0 Å². The summed E-state index contributed by atoms with van der Waals surface area (Å²) in [5.41, 5.74) is 0. The summed E-state index contributed by atoms with van der Waals surface area (Å²) < 4.78 is 7.57. The van der Waals surface area contributed by atoms with Crippen LogP contribution in [0.15, 0.2) is 22.8 Å². The number of fused-ring (bicyclic) bond motifs is 1. The van der Waals surface area contributed by atoms with E-state index in [-0.39, 0.29) is 17.7 Å². The van der Waals surface area contributed by atoms with Crippen LogP contribution in [0.25, 0.3) is 0 Å². The first-order chi connectivity index (χ1) is 10.6. The molecule has 6 heteroatoms. The Hall–Kier alpha value is -2.11. The van der Waals surface area contributed by atoms with E-state index >= 15 is 0 Å². The van der Waals surface area contributed by atoms with Crippen molar-refractivity contribution in [2.24, 2.45) is 5.92 Å². The fraction of sp³-hybridized carbons (Fsp3) is 0.562. The van der Waals surface area contributed by atoms with Gasteiger partial charge in [0, 0.05) is 30.8 Å². The summed E-state index contributed by atoms with van der Waals surface area (Å²) in [5.74, 6) is 3.76. The Morgan fingerprint density at radius 1 is 1.36 bits per heavy atom. The van der Waals surface area contributed by atoms with Gasteiger partial charge in [-0.3, -0.25) is 4.79 Å². The molecule has 0 bridgehead atoms. The zero-order chi connectivity index (χ0) is 15.3. The van der Waals surface area contributed by atoms with Crippen molar-refractivity contribution in [3.05, 3.63) is 35.8 Å². The molecule has 0 spiro atoms. The number of amides is 1. The predicted molar refractivity (Wildman–Crippen MR) is 79.1 cm³/mol. The van der Waals surface area contributed by atoms with Gasteiger partial charge in [0.1, 0.15) is 11.6 Å². The first-order valence-electron chi connectivity index (χ1n) is 7.89. The van der Waals surface area contributed by atoms with Gasteiger partial charge in [0.05, 0.1) is 12.8 Å². The summed E-state index contributed by atoms with van der Waals surface area (Å²) in [4.78, 5) is 14.6. The number of hydrogen-bond acceptors (Lipinski definition) is 4. The molecule has 1 aliphatic heterocycles. The standard InChI is InChI=1S/C16H20N4O2/c1-10(2)15-18-17-14-9-19(5-6-20(14)15)16(21)12-8-11(12)13-4-3-7-22-13/h3-4,7,10-12H,5-6,8-9H2,1-2H3/t11-,12-/m1/s1. The number of rotatable bonds is 3. The Morgan fingerprint density at radius 2 is 2.23 bits per heavy atom. The van der Waals surface area contributed by atoms with Crippen molar-refractivity contribution >= 4 is 5.91 Å². The maximum atomic E-state index is 12.6. The number of nitrogens with zero attached hydrogens (tertiary/aromatic N) is 4. The summed E-state index contributed by atoms with van der Waals surface area (Å²) >= 11 is 0. The fourth-order valence-electron chi connectivity index (χ4n) is 3.31. The lowest BCUT2D eigenvalue weighted by Crippen LogP contribution is -2.39. The van der Waals surface area contributed by atoms with E-state index in [1.54, 1.807) is 6.26 Å². The van der Waals surface area contributed by atoms with Gasteiger partial charge in [-0.15, -0.1) is 10.2 Å². The van der Waals surface area contributed by atoms with Crippen LogP contribution in [-0.4, -0.2) is 32.1 Å². The van der Waals surface area contributed by atoms with E-state index in [2.05, 4.69) is 28.6 Å². The summed E-state index contributed by atoms with van der Waals surface area (Å²) in [6.45, 7) is 6.34. The largest absolute Gasteiger partial charge is 0.469 e. The molecule has 0 aromatic carbocycles. The zero-order valence-corrected chi connectivity index (χ0v) is 12.9. The first-order valence-corrected chi connectivity index (χ1v) is 7.89. The van der Waals surface area contributed by atoms with Crippen LogP contribution in [-0.2, 0) is 17.9 Å². The molecule has 22 heavy (non-hydrogen) atoms. The van der Waals surface area contributed by atoms with Crippen LogP contribution >= 0.6 is 0 Å². The third-order valence-corrected chi connectivity index (χ3v) is 4.63. The van der Waals surface area contributed by atoms with E-state index in [1.807, 2.05) is 17.0 Å². The number of carbonyl (C=O) groups is 1. The van der Waals surface area contributed by atoms with Gasteiger partial charge < -0.3 is 13.9 Å². The van der Waals surface area contributed by atoms with Crippen molar-refractivity contribution in [2.75, 3.05) is 6.54 Å². The van der Waals surface area contributed by atoms with Crippen LogP contribution < -0.4 is 0 Å². The van der Waals surface area contributed by atoms with Gasteiger partial charge in [-0.25, -0.2) is 0 Å². The van der Waals surface area contributed by atoms with Crippen LogP contribution in [0.5, 0.6) is 0 Å². The molecular formula is C16H20N4O2. The highest BCUT2D eigenvalue weighted by atomic mass is 16.3. The molecule has 6 nitrogen and oxygen atoms in total. The second-order valence-corrected chi connectivity index (χ2v) is 6.50. The molecule has 3 heterocycles. The molecule has 0 N–H and O–H groups in total. The number of carbonyl (C=O) groups excluding carboxylic acids is 1. The first kappa shape index (κ1) is 13.5. The summed E-state index contributed by atoms with van der Waals surface area (Å²) in [7, 11) is 0. The van der Waals surface area contributed by atoms with Crippen molar-refractivity contribution in [1.82, 2.24) is 19.7 Å². The Kier molecular flexibility index (Phi) is 3.06. The number of aromatic nitrogens is 3. The molecule has 0 saturated heterocycles. The lowest BCUT2D eigenvalue weighted by atomic mass is 10.2. The number of hydrogen-bond donors (Lipinski definition) is 0. The van der Waals surface area contributed by atoms with Crippen molar-refractivity contribution in [2.45, 2.75) is 45.2 Å². The minimum absolute atomic E-state index is 0.0743. The lowest BCUT2D eigenvalue weighted by Gasteiger charge is -2.28. The van der Waals surface area contributed by atoms with E-state index in [1.165, 1.54) is 0 Å². The molecule has 1 saturated carbocycles. The van der Waals surface area contributed by atoms with Crippen molar-refractivity contribution in [3.8, 4) is 0 Å². The molecule has 1 amide bonds. The zero-order valence-electron chi connectivity index (χ0n) is 12.9. The second kappa shape index (κ2) is 4.97. The predicted octanol–water partition coefficient (Wildman–Crippen LogP) is 2.14. The molecule has 1 aliphatic carbocycles. The monoisotopic (exact) mass is 300 g/mol. The van der Waals surface area contributed by atoms with Gasteiger partial charge >= 0.3 is 0 Å². The highest BCUT2D eigenvalue weighted by Crippen LogP contribution is 2.48. The molecule has 2 aromatic rings. The average Bonchev–Trinajstić information content (AvgIpc) is 2.96. The molecular weight excluding hydrogens is 280 g/mol. The highest BCUT2D eigenvalue weighted by Gasteiger charge is 2.48. The summed E-state index contributed by atoms with van der Waals surface area (Å²) in [6, 6.07) is 3.84. The van der Waals surface area contributed by atoms with Gasteiger partial charge in [0.2, 0.25) is 5.91 Å². The average molecular weight is 300 g/mol. The van der Waals surface area contributed by atoms with E-state index < -0.39 is 0 Å². The second-order valence-electron chi connectivity index (χ2n) is 6.50. The SMILES string of the molecule is CC(C)c1nnc2n1CCN(C(=O)[C@@H]1C[C@H]1c1ccco1)C2. The van der Waals surface area contributed by atoms with Gasteiger partial charge in [0.15, 0.2) is 5.82 Å². The minimum atomic E-state index is 0.0743. The molecule has 2 aliphatic rings. The fourth-order valence-corrected chi connectivity index (χ4v) is 3.31. The molecule has 0 unspecified atom stereocenters. The van der Waals surface area contributed by atoms with Gasteiger partial charge in [-0.1, -0.05) is 13.8 Å². The van der Waals surface area contributed by atoms with E-state index in [9.17, 15) is 4.79 Å². The summed E-state index contributed by atoms with van der Waals surface area (Å²) in [5, 5.41) is 8.53. The van der Waals surface area contributed by atoms with Gasteiger partial charge in [0.25, 0.3) is 0 Å². The Bertz CT molecular complexity index is 689. The third kappa shape index (κ3) is 2.14. The third-order valence-electron chi connectivity index (χ3n) is 4.63. The maximum absolute atomic E-state index is 12.6. The Labute approximate surface area is 129 Å². The summed E-state index contributed by atoms with van der Waals surface area (Å²) in [6.07, 6.45) is 2.57. The van der Waals surface area contributed by atoms with Crippen LogP contribution in [0, 0.1) is 5.92 Å². The Morgan fingerprint density at radius 3 is 2.95 bits per heavy atom. The quantitative estimate of drug-likeness (QED) is 0.871. The normalized spacial score (nSPS) is 23.7. The van der Waals surface area contributed by atoms with Crippen LogP contribution in [0.1, 0.15) is 49.5 Å². The van der Waals surface area contributed by atoms with Gasteiger partial charge in [-0.05, 0) is 18.6 Å². The lowest BCUT2D eigenvalue weighted by molar-refractivity contribution is -0.134. The molecule has 2 atom stereocenters. The van der Waals surface area contributed by atoms with E-state index in [0.717, 1.165) is 36.9 Å². The maximum Gasteiger partial charge on any atom is 0.226 e. The Balaban J connectivity index is 1.46. The smallest absolute Gasteiger partial charge is 0.226 e. The molecule has 1 fully saturated rings. The minimum Gasteiger partial charge on any atom is -0.469 e. The molecule has 4 rings (SSSR count). The highest BCUT2D eigenvalue weighted by molar-refractivity contribution is 5.82. The molecule has 116 valence electrons. The van der Waals surface area contributed by atoms with Crippen molar-refractivity contribution in [1.29, 1.82) is 0 Å². The van der Waals surface area contributed by atoms with Crippen LogP contribution in [0.3, 0.4) is 0 Å². The topological polar surface area (TPSA) is 64.2 Å². The molecule has 2 aromatic heterocycles. The number of furan rings is 1. The molecule has 0 radical (unpaired) electrons. The van der Waals surface area contributed by atoms with E-state index in [0.29, 0.717) is 12.5 Å². The van der Waals surface area contributed by atoms with Crippen molar-refractivity contribution in [3.63, 3.8) is 0 Å². The van der Waals surface area contributed by atoms with Gasteiger partial charge in [-0.2, -0.15) is 0 Å². The van der Waals surface area contributed by atoms with Crippen LogP contribution in [0.4, 0.5) is 0 Å². The van der Waals surface area contributed by atoms with E-state index in [4.69, 9.17) is 4.42 Å².